The Morgan fingerprint density at radius 3 is 2.29 bits per heavy atom. The maximum Gasteiger partial charge on any atom is 0.404 e. The van der Waals surface area contributed by atoms with Gasteiger partial charge in [-0.2, -0.15) is 13.2 Å². The predicted octanol–water partition coefficient (Wildman–Crippen LogP) is 4.91. The fourth-order valence-electron chi connectivity index (χ4n) is 4.87. The summed E-state index contributed by atoms with van der Waals surface area (Å²) in [6, 6.07) is 16.8. The first kappa shape index (κ1) is 24.4. The van der Waals surface area contributed by atoms with Gasteiger partial charge in [0.25, 0.3) is 0 Å². The van der Waals surface area contributed by atoms with Gasteiger partial charge in [0, 0.05) is 39.0 Å². The van der Waals surface area contributed by atoms with Gasteiger partial charge in [0.1, 0.15) is 6.10 Å². The maximum absolute atomic E-state index is 14.3. The molecule has 0 aromatic heterocycles. The van der Waals surface area contributed by atoms with Crippen LogP contribution in [0.1, 0.15) is 31.7 Å². The van der Waals surface area contributed by atoms with Crippen molar-refractivity contribution in [3.63, 3.8) is 0 Å². The molecular weight excluding hydrogens is 445 g/mol. The molecule has 0 radical (unpaired) electrons. The van der Waals surface area contributed by atoms with Crippen molar-refractivity contribution in [3.8, 4) is 11.5 Å². The van der Waals surface area contributed by atoms with Crippen LogP contribution in [-0.4, -0.2) is 60.8 Å². The second kappa shape index (κ2) is 10.3. The standard InChI is InChI=1S/C26H31F3N2O3/c1-2-33-22-10-6-7-11-23(22)34-21-12-15-31(16-13-21)24(32)25(26(27,28)29)14-17-30(19-25)18-20-8-4-3-5-9-20/h3-11,21H,2,12-19H2,1H3. The molecule has 0 N–H and O–H groups in total. The Kier molecular flexibility index (Phi) is 7.36. The minimum Gasteiger partial charge on any atom is -0.490 e. The summed E-state index contributed by atoms with van der Waals surface area (Å²) in [5.74, 6) is 0.459. The van der Waals surface area contributed by atoms with E-state index < -0.39 is 17.5 Å². The van der Waals surface area contributed by atoms with Gasteiger partial charge in [0.2, 0.25) is 5.91 Å². The Morgan fingerprint density at radius 1 is 1.00 bits per heavy atom. The molecule has 2 heterocycles. The lowest BCUT2D eigenvalue weighted by Crippen LogP contribution is -2.55. The number of likely N-dealkylation sites (tertiary alicyclic amines) is 2. The summed E-state index contributed by atoms with van der Waals surface area (Å²) in [6.45, 7) is 3.24. The molecule has 2 aromatic carbocycles. The van der Waals surface area contributed by atoms with Gasteiger partial charge in [-0.3, -0.25) is 9.69 Å². The summed E-state index contributed by atoms with van der Waals surface area (Å²) in [5.41, 5.74) is -1.41. The summed E-state index contributed by atoms with van der Waals surface area (Å²) >= 11 is 0. The number of hydrogen-bond acceptors (Lipinski definition) is 4. The molecular formula is C26H31F3N2O3. The first-order chi connectivity index (χ1) is 16.3. The van der Waals surface area contributed by atoms with E-state index in [1.54, 1.807) is 4.90 Å². The van der Waals surface area contributed by atoms with Crippen LogP contribution < -0.4 is 9.47 Å². The van der Waals surface area contributed by atoms with Crippen LogP contribution in [0.5, 0.6) is 11.5 Å². The Bertz CT molecular complexity index is 961. The van der Waals surface area contributed by atoms with Crippen molar-refractivity contribution in [1.29, 1.82) is 0 Å². The Labute approximate surface area is 198 Å². The van der Waals surface area contributed by atoms with Gasteiger partial charge in [0.15, 0.2) is 16.9 Å². The van der Waals surface area contributed by atoms with E-state index in [4.69, 9.17) is 9.47 Å². The smallest absolute Gasteiger partial charge is 0.404 e. The van der Waals surface area contributed by atoms with Crippen molar-refractivity contribution in [2.45, 2.75) is 45.0 Å². The normalized spacial score (nSPS) is 22.1. The molecule has 1 unspecified atom stereocenters. The number of para-hydroxylation sites is 2. The average Bonchev–Trinajstić information content (AvgIpc) is 3.26. The molecule has 0 saturated carbocycles. The molecule has 184 valence electrons. The number of amides is 1. The highest BCUT2D eigenvalue weighted by atomic mass is 19.4. The van der Waals surface area contributed by atoms with Crippen molar-refractivity contribution in [1.82, 2.24) is 9.80 Å². The van der Waals surface area contributed by atoms with Gasteiger partial charge in [0.05, 0.1) is 6.61 Å². The SMILES string of the molecule is CCOc1ccccc1OC1CCN(C(=O)C2(C(F)(F)F)CCN(Cc3ccccc3)C2)CC1. The fourth-order valence-corrected chi connectivity index (χ4v) is 4.87. The van der Waals surface area contributed by atoms with Gasteiger partial charge >= 0.3 is 6.18 Å². The highest BCUT2D eigenvalue weighted by Gasteiger charge is 2.64. The number of alkyl halides is 3. The number of benzene rings is 2. The van der Waals surface area contributed by atoms with Crippen LogP contribution in [0.15, 0.2) is 54.6 Å². The molecule has 34 heavy (non-hydrogen) atoms. The van der Waals surface area contributed by atoms with Crippen LogP contribution in [0.4, 0.5) is 13.2 Å². The summed E-state index contributed by atoms with van der Waals surface area (Å²) in [7, 11) is 0. The molecule has 5 nitrogen and oxygen atoms in total. The number of hydrogen-bond donors (Lipinski definition) is 0. The summed E-state index contributed by atoms with van der Waals surface area (Å²) in [6.07, 6.45) is -4.02. The molecule has 1 atom stereocenters. The van der Waals surface area contributed by atoms with E-state index in [2.05, 4.69) is 0 Å². The number of piperidine rings is 1. The third-order valence-electron chi connectivity index (χ3n) is 6.72. The van der Waals surface area contributed by atoms with E-state index >= 15 is 0 Å². The first-order valence-corrected chi connectivity index (χ1v) is 11.8. The highest BCUT2D eigenvalue weighted by molar-refractivity contribution is 5.84. The van der Waals surface area contributed by atoms with Gasteiger partial charge < -0.3 is 14.4 Å². The van der Waals surface area contributed by atoms with Crippen LogP contribution in [-0.2, 0) is 11.3 Å². The minimum absolute atomic E-state index is 0.175. The second-order valence-corrected chi connectivity index (χ2v) is 9.02. The van der Waals surface area contributed by atoms with E-state index in [1.165, 1.54) is 4.90 Å². The maximum atomic E-state index is 14.3. The lowest BCUT2D eigenvalue weighted by atomic mass is 9.83. The predicted molar refractivity (Wildman–Crippen MR) is 123 cm³/mol. The van der Waals surface area contributed by atoms with E-state index in [1.807, 2.05) is 61.5 Å². The number of carbonyl (C=O) groups is 1. The van der Waals surface area contributed by atoms with E-state index in [9.17, 15) is 18.0 Å². The van der Waals surface area contributed by atoms with E-state index in [0.717, 1.165) is 5.56 Å². The molecule has 2 saturated heterocycles. The van der Waals surface area contributed by atoms with Crippen molar-refractivity contribution >= 4 is 5.91 Å². The second-order valence-electron chi connectivity index (χ2n) is 9.02. The zero-order valence-corrected chi connectivity index (χ0v) is 19.4. The molecule has 2 aliphatic heterocycles. The Balaban J connectivity index is 1.39. The molecule has 0 aliphatic carbocycles. The van der Waals surface area contributed by atoms with Crippen LogP contribution in [0.25, 0.3) is 0 Å². The third-order valence-corrected chi connectivity index (χ3v) is 6.72. The molecule has 2 fully saturated rings. The van der Waals surface area contributed by atoms with Gasteiger partial charge in [-0.15, -0.1) is 0 Å². The summed E-state index contributed by atoms with van der Waals surface area (Å²) < 4.78 is 54.6. The minimum atomic E-state index is -4.60. The molecule has 4 rings (SSSR count). The molecule has 2 aliphatic rings. The average molecular weight is 477 g/mol. The van der Waals surface area contributed by atoms with Gasteiger partial charge in [-0.05, 0) is 37.6 Å². The van der Waals surface area contributed by atoms with Crippen LogP contribution in [0.3, 0.4) is 0 Å². The lowest BCUT2D eigenvalue weighted by Gasteiger charge is -2.39. The number of nitrogens with zero attached hydrogens (tertiary/aromatic N) is 2. The molecule has 0 spiro atoms. The Hall–Kier alpha value is -2.74. The zero-order valence-electron chi connectivity index (χ0n) is 19.4. The first-order valence-electron chi connectivity index (χ1n) is 11.8. The monoisotopic (exact) mass is 476 g/mol. The number of rotatable bonds is 7. The number of carbonyl (C=O) groups excluding carboxylic acids is 1. The quantitative estimate of drug-likeness (QED) is 0.570. The third kappa shape index (κ3) is 5.17. The number of halogens is 3. The largest absolute Gasteiger partial charge is 0.490 e. The molecule has 1 amide bonds. The van der Waals surface area contributed by atoms with Crippen LogP contribution >= 0.6 is 0 Å². The zero-order chi connectivity index (χ0) is 24.2. The van der Waals surface area contributed by atoms with E-state index in [-0.39, 0.29) is 38.7 Å². The van der Waals surface area contributed by atoms with Crippen molar-refractivity contribution in [3.05, 3.63) is 60.2 Å². The lowest BCUT2D eigenvalue weighted by molar-refractivity contribution is -0.224. The van der Waals surface area contributed by atoms with Crippen molar-refractivity contribution in [2.24, 2.45) is 5.41 Å². The topological polar surface area (TPSA) is 42.0 Å². The fraction of sp³-hybridized carbons (Fsp3) is 0.500. The summed E-state index contributed by atoms with van der Waals surface area (Å²) in [5, 5.41) is 0. The van der Waals surface area contributed by atoms with Gasteiger partial charge in [-0.25, -0.2) is 0 Å². The highest BCUT2D eigenvalue weighted by Crippen LogP contribution is 2.47. The number of ether oxygens (including phenoxy) is 2. The molecule has 8 heteroatoms. The van der Waals surface area contributed by atoms with Gasteiger partial charge in [-0.1, -0.05) is 42.5 Å². The summed E-state index contributed by atoms with van der Waals surface area (Å²) in [4.78, 5) is 16.4. The van der Waals surface area contributed by atoms with Crippen LogP contribution in [0, 0.1) is 5.41 Å². The van der Waals surface area contributed by atoms with E-state index in [0.29, 0.717) is 37.5 Å². The van der Waals surface area contributed by atoms with Crippen LogP contribution in [0.2, 0.25) is 0 Å². The molecule has 0 bridgehead atoms. The van der Waals surface area contributed by atoms with Crippen molar-refractivity contribution < 1.29 is 27.4 Å². The Morgan fingerprint density at radius 2 is 1.65 bits per heavy atom. The van der Waals surface area contributed by atoms with Crippen molar-refractivity contribution in [2.75, 3.05) is 32.8 Å². The molecule has 2 aromatic rings.